The maximum absolute atomic E-state index is 14.4. The van der Waals surface area contributed by atoms with Crippen molar-refractivity contribution < 1.29 is 24.1 Å². The Morgan fingerprint density at radius 2 is 1.67 bits per heavy atom. The molecular formula is C35H35Br2N3O5. The minimum atomic E-state index is -1.35. The first kappa shape index (κ1) is 32.7. The zero-order valence-electron chi connectivity index (χ0n) is 24.8. The Hall–Kier alpha value is -3.70. The van der Waals surface area contributed by atoms with Crippen molar-refractivity contribution in [2.45, 2.75) is 30.9 Å². The quantitative estimate of drug-likeness (QED) is 0.103. The van der Waals surface area contributed by atoms with E-state index in [1.165, 1.54) is 0 Å². The predicted molar refractivity (Wildman–Crippen MR) is 182 cm³/mol. The van der Waals surface area contributed by atoms with E-state index in [0.29, 0.717) is 37.6 Å². The molecular weight excluding hydrogens is 702 g/mol. The van der Waals surface area contributed by atoms with Gasteiger partial charge in [0.25, 0.3) is 5.91 Å². The highest BCUT2D eigenvalue weighted by Crippen LogP contribution is 2.43. The Kier molecular flexibility index (Phi) is 11.3. The summed E-state index contributed by atoms with van der Waals surface area (Å²) in [6.07, 6.45) is 0.756. The van der Waals surface area contributed by atoms with Gasteiger partial charge in [-0.25, -0.2) is 10.4 Å². The lowest BCUT2D eigenvalue weighted by molar-refractivity contribution is -0.130. The highest BCUT2D eigenvalue weighted by molar-refractivity contribution is 9.10. The fraction of sp³-hybridized carbons (Fsp3) is 0.257. The van der Waals surface area contributed by atoms with Crippen LogP contribution in [0.1, 0.15) is 34.8 Å². The molecule has 4 aromatic rings. The zero-order valence-corrected chi connectivity index (χ0v) is 28.0. The van der Waals surface area contributed by atoms with Crippen LogP contribution < -0.4 is 20.3 Å². The van der Waals surface area contributed by atoms with Gasteiger partial charge in [0.2, 0.25) is 5.90 Å². The van der Waals surface area contributed by atoms with Crippen LogP contribution in [0.2, 0.25) is 0 Å². The molecule has 0 saturated carbocycles. The third-order valence-corrected chi connectivity index (χ3v) is 8.84. The summed E-state index contributed by atoms with van der Waals surface area (Å²) >= 11 is 7.20. The zero-order chi connectivity index (χ0) is 31.6. The lowest BCUT2D eigenvalue weighted by atomic mass is 9.82. The van der Waals surface area contributed by atoms with Gasteiger partial charge in [-0.05, 0) is 71.6 Å². The molecule has 3 N–H and O–H groups in total. The van der Waals surface area contributed by atoms with E-state index in [4.69, 9.17) is 24.3 Å². The number of nitrogens with one attached hydrogen (secondary N) is 2. The molecule has 1 aliphatic rings. The lowest BCUT2D eigenvalue weighted by Gasteiger charge is -2.31. The van der Waals surface area contributed by atoms with Crippen molar-refractivity contribution in [2.24, 2.45) is 4.99 Å². The van der Waals surface area contributed by atoms with Gasteiger partial charge in [-0.2, -0.15) is 0 Å². The molecule has 234 valence electrons. The summed E-state index contributed by atoms with van der Waals surface area (Å²) in [6.45, 7) is 0.963. The van der Waals surface area contributed by atoms with Crippen molar-refractivity contribution in [1.82, 2.24) is 10.9 Å². The fourth-order valence-corrected chi connectivity index (χ4v) is 5.90. The second-order valence-electron chi connectivity index (χ2n) is 10.6. The molecule has 0 aliphatic carbocycles. The molecule has 4 aromatic carbocycles. The van der Waals surface area contributed by atoms with Gasteiger partial charge in [0.15, 0.2) is 11.6 Å². The van der Waals surface area contributed by atoms with Crippen LogP contribution in [0.4, 0.5) is 0 Å². The lowest BCUT2D eigenvalue weighted by Crippen LogP contribution is -2.54. The summed E-state index contributed by atoms with van der Waals surface area (Å²) in [6, 6.07) is 30.8. The summed E-state index contributed by atoms with van der Waals surface area (Å²) < 4.78 is 19.6. The highest BCUT2D eigenvalue weighted by Gasteiger charge is 2.53. The maximum atomic E-state index is 14.4. The number of halogens is 2. The number of carbonyl (C=O) groups is 1. The largest absolute Gasteiger partial charge is 0.496 e. The maximum Gasteiger partial charge on any atom is 0.266 e. The third kappa shape index (κ3) is 7.94. The van der Waals surface area contributed by atoms with Gasteiger partial charge >= 0.3 is 0 Å². The number of carbonyl (C=O) groups excluding carboxylic acids is 1. The minimum Gasteiger partial charge on any atom is -0.496 e. The minimum absolute atomic E-state index is 0.0666. The molecule has 1 heterocycles. The summed E-state index contributed by atoms with van der Waals surface area (Å²) in [5.74, 6) is 1.52. The molecule has 0 radical (unpaired) electrons. The summed E-state index contributed by atoms with van der Waals surface area (Å²) in [5, 5.41) is 9.06. The molecule has 0 saturated heterocycles. The third-order valence-electron chi connectivity index (χ3n) is 7.53. The molecule has 8 nitrogen and oxygen atoms in total. The smallest absolute Gasteiger partial charge is 0.266 e. The van der Waals surface area contributed by atoms with Crippen molar-refractivity contribution in [1.29, 1.82) is 0 Å². The van der Waals surface area contributed by atoms with Gasteiger partial charge in [-0.1, -0.05) is 80.4 Å². The number of aliphatic imine (C=N–C) groups is 1. The molecule has 0 unspecified atom stereocenters. The number of amides is 1. The van der Waals surface area contributed by atoms with Crippen molar-refractivity contribution >= 4 is 43.7 Å². The van der Waals surface area contributed by atoms with Gasteiger partial charge < -0.3 is 19.3 Å². The number of rotatable bonds is 14. The first-order valence-corrected chi connectivity index (χ1v) is 16.3. The van der Waals surface area contributed by atoms with Crippen LogP contribution in [0, 0.1) is 0 Å². The number of para-hydroxylation sites is 1. The highest BCUT2D eigenvalue weighted by atomic mass is 79.9. The van der Waals surface area contributed by atoms with E-state index in [0.717, 1.165) is 36.9 Å². The summed E-state index contributed by atoms with van der Waals surface area (Å²) in [7, 11) is 1.65. The average molecular weight is 737 g/mol. The Bertz CT molecular complexity index is 1610. The van der Waals surface area contributed by atoms with Gasteiger partial charge in [0.1, 0.15) is 11.5 Å². The van der Waals surface area contributed by atoms with Gasteiger partial charge in [-0.15, -0.1) is 0 Å². The Balaban J connectivity index is 1.48. The first-order chi connectivity index (χ1) is 21.9. The number of aliphatic hydroxyl groups is 1. The van der Waals surface area contributed by atoms with Crippen LogP contribution in [0.5, 0.6) is 11.5 Å². The first-order valence-electron chi connectivity index (χ1n) is 14.7. The number of hydrazine groups is 1. The monoisotopic (exact) mass is 735 g/mol. The summed E-state index contributed by atoms with van der Waals surface area (Å²) in [4.78, 5) is 19.5. The van der Waals surface area contributed by atoms with Gasteiger partial charge in [0.05, 0.1) is 13.7 Å². The van der Waals surface area contributed by atoms with Crippen LogP contribution in [0.25, 0.3) is 0 Å². The molecule has 45 heavy (non-hydrogen) atoms. The molecule has 0 bridgehead atoms. The number of benzene rings is 4. The number of aliphatic hydroxyl groups excluding tert-OH is 1. The van der Waals surface area contributed by atoms with E-state index < -0.39 is 11.6 Å². The van der Waals surface area contributed by atoms with Crippen LogP contribution in [-0.4, -0.2) is 49.3 Å². The number of methoxy groups -OCH3 is 1. The predicted octanol–water partition coefficient (Wildman–Crippen LogP) is 6.34. The molecule has 2 atom stereocenters. The standard InChI is InChI=1S/C35H35Br2N3O5/c1-43-31-10-5-3-7-24(31)19-20-38-40-34(42)35(23-27-8-2-4-9-30(27)37)32(25-11-15-28(36)16-12-25)45-33(39-35)26-13-17-29(18-14-26)44-22-6-21-41/h2-5,7-18,32,38,41H,6,19-23H2,1H3,(H,40,42)/t32-,35-/m0/s1. The van der Waals surface area contributed by atoms with E-state index in [1.807, 2.05) is 97.1 Å². The summed E-state index contributed by atoms with van der Waals surface area (Å²) in [5.41, 5.74) is 8.22. The van der Waals surface area contributed by atoms with Crippen LogP contribution in [0.15, 0.2) is 111 Å². The molecule has 1 amide bonds. The molecule has 10 heteroatoms. The van der Waals surface area contributed by atoms with Crippen molar-refractivity contribution in [2.75, 3.05) is 26.9 Å². The van der Waals surface area contributed by atoms with E-state index in [-0.39, 0.29) is 18.9 Å². The number of hydrogen-bond acceptors (Lipinski definition) is 7. The fourth-order valence-electron chi connectivity index (χ4n) is 5.21. The second-order valence-corrected chi connectivity index (χ2v) is 12.3. The molecule has 0 fully saturated rings. The van der Waals surface area contributed by atoms with E-state index in [2.05, 4.69) is 42.7 Å². The van der Waals surface area contributed by atoms with E-state index >= 15 is 0 Å². The molecule has 0 aromatic heterocycles. The van der Waals surface area contributed by atoms with Gasteiger partial charge in [0, 0.05) is 40.5 Å². The van der Waals surface area contributed by atoms with Crippen LogP contribution in [-0.2, 0) is 22.4 Å². The van der Waals surface area contributed by atoms with Crippen molar-refractivity contribution in [3.05, 3.63) is 128 Å². The van der Waals surface area contributed by atoms with Crippen LogP contribution >= 0.6 is 31.9 Å². The molecule has 1 aliphatic heterocycles. The SMILES string of the molecule is COc1ccccc1CCNNC(=O)[C@@]1(Cc2ccccc2Br)N=C(c2ccc(OCCCO)cc2)O[C@H]1c1ccc(Br)cc1. The normalized spacial score (nSPS) is 17.3. The van der Waals surface area contributed by atoms with Crippen LogP contribution in [0.3, 0.4) is 0 Å². The Morgan fingerprint density at radius 3 is 2.38 bits per heavy atom. The molecule has 5 rings (SSSR count). The van der Waals surface area contributed by atoms with Crippen molar-refractivity contribution in [3.63, 3.8) is 0 Å². The second kappa shape index (κ2) is 15.5. The van der Waals surface area contributed by atoms with Crippen molar-refractivity contribution in [3.8, 4) is 11.5 Å². The Morgan fingerprint density at radius 1 is 0.956 bits per heavy atom. The number of nitrogens with zero attached hydrogens (tertiary/aromatic N) is 1. The number of ether oxygens (including phenoxy) is 3. The topological polar surface area (TPSA) is 101 Å². The average Bonchev–Trinajstić information content (AvgIpc) is 3.45. The molecule has 0 spiro atoms. The Labute approximate surface area is 280 Å². The van der Waals surface area contributed by atoms with E-state index in [9.17, 15) is 4.79 Å². The number of hydrogen-bond donors (Lipinski definition) is 3. The van der Waals surface area contributed by atoms with E-state index in [1.54, 1.807) is 7.11 Å². The van der Waals surface area contributed by atoms with Gasteiger partial charge in [-0.3, -0.25) is 10.2 Å².